The Morgan fingerprint density at radius 1 is 1.75 bits per heavy atom. The minimum Gasteiger partial charge on any atom is -0.348 e. The van der Waals surface area contributed by atoms with Crippen molar-refractivity contribution in [2.24, 2.45) is 0 Å². The summed E-state index contributed by atoms with van der Waals surface area (Å²) in [7, 11) is 1.80. The summed E-state index contributed by atoms with van der Waals surface area (Å²) in [6.07, 6.45) is 5.77. The summed E-state index contributed by atoms with van der Waals surface area (Å²) in [5.74, 6) is 1.55. The third kappa shape index (κ3) is 2.41. The Labute approximate surface area is 95.2 Å². The van der Waals surface area contributed by atoms with Gasteiger partial charge in [-0.3, -0.25) is 4.79 Å². The first-order chi connectivity index (χ1) is 7.81. The Bertz CT molecular complexity index is 336. The molecule has 1 saturated heterocycles. The van der Waals surface area contributed by atoms with E-state index in [-0.39, 0.29) is 5.91 Å². The zero-order valence-electron chi connectivity index (χ0n) is 9.57. The topological polar surface area (TPSA) is 61.0 Å². The SMILES string of the molecule is CNCC(=O)N1CCCC(c2ncc[nH]2)C1. The lowest BCUT2D eigenvalue weighted by atomic mass is 9.97. The maximum absolute atomic E-state index is 11.7. The first-order valence-electron chi connectivity index (χ1n) is 5.73. The van der Waals surface area contributed by atoms with Gasteiger partial charge in [-0.1, -0.05) is 0 Å². The number of aromatic nitrogens is 2. The molecule has 2 rings (SSSR count). The second-order valence-corrected chi connectivity index (χ2v) is 4.18. The zero-order chi connectivity index (χ0) is 11.4. The number of piperidine rings is 1. The molecule has 2 heterocycles. The van der Waals surface area contributed by atoms with Crippen molar-refractivity contribution in [3.8, 4) is 0 Å². The fourth-order valence-electron chi connectivity index (χ4n) is 2.19. The Kier molecular flexibility index (Phi) is 3.56. The van der Waals surface area contributed by atoms with Gasteiger partial charge < -0.3 is 15.2 Å². The lowest BCUT2D eigenvalue weighted by Crippen LogP contribution is -2.43. The molecule has 0 spiro atoms. The summed E-state index contributed by atoms with van der Waals surface area (Å²) in [5.41, 5.74) is 0. The van der Waals surface area contributed by atoms with Crippen LogP contribution in [-0.4, -0.2) is 47.5 Å². The normalized spacial score (nSPS) is 21.1. The van der Waals surface area contributed by atoms with Gasteiger partial charge in [0.15, 0.2) is 0 Å². The number of carbonyl (C=O) groups is 1. The molecular weight excluding hydrogens is 204 g/mol. The highest BCUT2D eigenvalue weighted by atomic mass is 16.2. The number of hydrogen-bond donors (Lipinski definition) is 2. The van der Waals surface area contributed by atoms with Crippen molar-refractivity contribution in [1.82, 2.24) is 20.2 Å². The third-order valence-electron chi connectivity index (χ3n) is 3.01. The van der Waals surface area contributed by atoms with Crippen LogP contribution in [0.15, 0.2) is 12.4 Å². The van der Waals surface area contributed by atoms with Crippen molar-refractivity contribution in [2.75, 3.05) is 26.7 Å². The van der Waals surface area contributed by atoms with Gasteiger partial charge in [0.25, 0.3) is 0 Å². The molecule has 5 heteroatoms. The van der Waals surface area contributed by atoms with E-state index in [1.807, 2.05) is 11.1 Å². The van der Waals surface area contributed by atoms with Gasteiger partial charge in [0.2, 0.25) is 5.91 Å². The molecule has 5 nitrogen and oxygen atoms in total. The van der Waals surface area contributed by atoms with Gasteiger partial charge in [0.05, 0.1) is 6.54 Å². The van der Waals surface area contributed by atoms with Gasteiger partial charge in [-0.25, -0.2) is 4.98 Å². The largest absolute Gasteiger partial charge is 0.348 e. The molecule has 1 aromatic rings. The van der Waals surface area contributed by atoms with Crippen LogP contribution >= 0.6 is 0 Å². The van der Waals surface area contributed by atoms with E-state index >= 15 is 0 Å². The molecule has 0 aliphatic carbocycles. The highest BCUT2D eigenvalue weighted by Gasteiger charge is 2.25. The molecule has 1 aliphatic heterocycles. The minimum atomic E-state index is 0.179. The Morgan fingerprint density at radius 3 is 3.31 bits per heavy atom. The maximum Gasteiger partial charge on any atom is 0.236 e. The van der Waals surface area contributed by atoms with E-state index in [1.54, 1.807) is 13.2 Å². The van der Waals surface area contributed by atoms with Crippen molar-refractivity contribution < 1.29 is 4.79 Å². The van der Waals surface area contributed by atoms with E-state index in [4.69, 9.17) is 0 Å². The molecule has 1 fully saturated rings. The second kappa shape index (κ2) is 5.12. The average Bonchev–Trinajstić information content (AvgIpc) is 2.83. The summed E-state index contributed by atoms with van der Waals surface area (Å²) in [6.45, 7) is 2.08. The standard InChI is InChI=1S/C11H18N4O/c1-12-7-10(16)15-6-2-3-9(8-15)11-13-4-5-14-11/h4-5,9,12H,2-3,6-8H2,1H3,(H,13,14). The summed E-state index contributed by atoms with van der Waals surface area (Å²) in [5, 5.41) is 2.90. The van der Waals surface area contributed by atoms with Crippen LogP contribution in [0.5, 0.6) is 0 Å². The minimum absolute atomic E-state index is 0.179. The van der Waals surface area contributed by atoms with Gasteiger partial charge in [-0.05, 0) is 19.9 Å². The van der Waals surface area contributed by atoms with Gasteiger partial charge in [0.1, 0.15) is 5.82 Å². The number of hydrogen-bond acceptors (Lipinski definition) is 3. The molecule has 1 aromatic heterocycles. The van der Waals surface area contributed by atoms with Crippen LogP contribution in [0.3, 0.4) is 0 Å². The van der Waals surface area contributed by atoms with Gasteiger partial charge >= 0.3 is 0 Å². The second-order valence-electron chi connectivity index (χ2n) is 4.18. The summed E-state index contributed by atoms with van der Waals surface area (Å²) >= 11 is 0. The van der Waals surface area contributed by atoms with Crippen LogP contribution in [0.2, 0.25) is 0 Å². The van der Waals surface area contributed by atoms with Crippen molar-refractivity contribution in [2.45, 2.75) is 18.8 Å². The number of likely N-dealkylation sites (tertiary alicyclic amines) is 1. The van der Waals surface area contributed by atoms with E-state index < -0.39 is 0 Å². The smallest absolute Gasteiger partial charge is 0.236 e. The molecule has 0 aromatic carbocycles. The van der Waals surface area contributed by atoms with Gasteiger partial charge in [-0.2, -0.15) is 0 Å². The van der Waals surface area contributed by atoms with Crippen LogP contribution in [0.1, 0.15) is 24.6 Å². The van der Waals surface area contributed by atoms with E-state index in [1.165, 1.54) is 0 Å². The van der Waals surface area contributed by atoms with E-state index in [9.17, 15) is 4.79 Å². The van der Waals surface area contributed by atoms with E-state index in [0.29, 0.717) is 12.5 Å². The number of amides is 1. The molecule has 1 aliphatic rings. The van der Waals surface area contributed by atoms with Gasteiger partial charge in [0, 0.05) is 31.4 Å². The van der Waals surface area contributed by atoms with Crippen LogP contribution in [0.4, 0.5) is 0 Å². The fourth-order valence-corrected chi connectivity index (χ4v) is 2.19. The summed E-state index contributed by atoms with van der Waals surface area (Å²) in [4.78, 5) is 21.1. The Hall–Kier alpha value is -1.36. The molecular formula is C11H18N4O. The Balaban J connectivity index is 1.96. The number of nitrogens with zero attached hydrogens (tertiary/aromatic N) is 2. The molecule has 1 atom stereocenters. The van der Waals surface area contributed by atoms with Crippen molar-refractivity contribution in [1.29, 1.82) is 0 Å². The molecule has 88 valence electrons. The highest BCUT2D eigenvalue weighted by molar-refractivity contribution is 5.78. The molecule has 2 N–H and O–H groups in total. The summed E-state index contributed by atoms with van der Waals surface area (Å²) in [6, 6.07) is 0. The summed E-state index contributed by atoms with van der Waals surface area (Å²) < 4.78 is 0. The van der Waals surface area contributed by atoms with Crippen molar-refractivity contribution in [3.05, 3.63) is 18.2 Å². The average molecular weight is 222 g/mol. The predicted molar refractivity (Wildman–Crippen MR) is 61.1 cm³/mol. The maximum atomic E-state index is 11.7. The quantitative estimate of drug-likeness (QED) is 0.775. The number of imidazole rings is 1. The highest BCUT2D eigenvalue weighted by Crippen LogP contribution is 2.23. The molecule has 0 saturated carbocycles. The van der Waals surface area contributed by atoms with Crippen molar-refractivity contribution >= 4 is 5.91 Å². The monoisotopic (exact) mass is 222 g/mol. The van der Waals surface area contributed by atoms with Crippen LogP contribution < -0.4 is 5.32 Å². The van der Waals surface area contributed by atoms with E-state index in [2.05, 4.69) is 15.3 Å². The fraction of sp³-hybridized carbons (Fsp3) is 0.636. The first kappa shape index (κ1) is 11.1. The third-order valence-corrected chi connectivity index (χ3v) is 3.01. The van der Waals surface area contributed by atoms with Gasteiger partial charge in [-0.15, -0.1) is 0 Å². The molecule has 16 heavy (non-hydrogen) atoms. The number of rotatable bonds is 3. The van der Waals surface area contributed by atoms with Crippen LogP contribution in [-0.2, 0) is 4.79 Å². The lowest BCUT2D eigenvalue weighted by Gasteiger charge is -2.31. The number of H-pyrrole nitrogens is 1. The predicted octanol–water partition coefficient (Wildman–Crippen LogP) is 0.335. The van der Waals surface area contributed by atoms with E-state index in [0.717, 1.165) is 31.8 Å². The Morgan fingerprint density at radius 2 is 2.62 bits per heavy atom. The number of nitrogens with one attached hydrogen (secondary N) is 2. The van der Waals surface area contributed by atoms with Crippen molar-refractivity contribution in [3.63, 3.8) is 0 Å². The number of aromatic amines is 1. The molecule has 0 radical (unpaired) electrons. The van der Waals surface area contributed by atoms with Crippen LogP contribution in [0.25, 0.3) is 0 Å². The molecule has 1 unspecified atom stereocenters. The molecule has 0 bridgehead atoms. The van der Waals surface area contributed by atoms with Crippen LogP contribution in [0, 0.1) is 0 Å². The first-order valence-corrected chi connectivity index (χ1v) is 5.73. The zero-order valence-corrected chi connectivity index (χ0v) is 9.57. The number of likely N-dealkylation sites (N-methyl/N-ethyl adjacent to an activating group) is 1. The molecule has 1 amide bonds. The number of carbonyl (C=O) groups excluding carboxylic acids is 1. The lowest BCUT2D eigenvalue weighted by molar-refractivity contribution is -0.131.